The summed E-state index contributed by atoms with van der Waals surface area (Å²) in [7, 11) is -3.15. The molecule has 7 nitrogen and oxygen atoms in total. The van der Waals surface area contributed by atoms with Gasteiger partial charge < -0.3 is 4.52 Å². The Kier molecular flexibility index (Phi) is 5.34. The van der Waals surface area contributed by atoms with Crippen molar-refractivity contribution in [1.82, 2.24) is 19.8 Å². The minimum absolute atomic E-state index is 0.183. The summed E-state index contributed by atoms with van der Waals surface area (Å²) in [5.41, 5.74) is 0. The molecule has 21 heavy (non-hydrogen) atoms. The van der Waals surface area contributed by atoms with Crippen LogP contribution in [0.25, 0.3) is 0 Å². The first-order valence-corrected chi connectivity index (χ1v) is 9.25. The molecule has 0 bridgehead atoms. The van der Waals surface area contributed by atoms with Gasteiger partial charge in [0.25, 0.3) is 0 Å². The first-order valence-electron chi connectivity index (χ1n) is 7.36. The van der Waals surface area contributed by atoms with Crippen LogP contribution in [0.3, 0.4) is 0 Å². The molecule has 0 radical (unpaired) electrons. The van der Waals surface area contributed by atoms with Crippen molar-refractivity contribution >= 4 is 10.0 Å². The fourth-order valence-electron chi connectivity index (χ4n) is 2.49. The van der Waals surface area contributed by atoms with Crippen molar-refractivity contribution in [3.8, 4) is 0 Å². The second-order valence-electron chi connectivity index (χ2n) is 5.94. The lowest BCUT2D eigenvalue weighted by atomic mass is 10.0. The summed E-state index contributed by atoms with van der Waals surface area (Å²) in [6.45, 7) is 5.98. The van der Waals surface area contributed by atoms with Crippen LogP contribution in [-0.4, -0.2) is 48.8 Å². The van der Waals surface area contributed by atoms with Crippen LogP contribution < -0.4 is 4.72 Å². The molecule has 0 aliphatic carbocycles. The van der Waals surface area contributed by atoms with E-state index in [0.717, 1.165) is 25.8 Å². The van der Waals surface area contributed by atoms with Crippen molar-refractivity contribution in [2.75, 3.05) is 19.3 Å². The van der Waals surface area contributed by atoms with Gasteiger partial charge in [-0.3, -0.25) is 4.90 Å². The molecule has 0 spiro atoms. The molecule has 2 heterocycles. The van der Waals surface area contributed by atoms with Crippen molar-refractivity contribution in [3.63, 3.8) is 0 Å². The Morgan fingerprint density at radius 1 is 1.43 bits per heavy atom. The lowest BCUT2D eigenvalue weighted by Crippen LogP contribution is -2.46. The van der Waals surface area contributed by atoms with Gasteiger partial charge in [-0.15, -0.1) is 0 Å². The topological polar surface area (TPSA) is 88.3 Å². The first-order chi connectivity index (χ1) is 9.85. The average Bonchev–Trinajstić information content (AvgIpc) is 2.85. The van der Waals surface area contributed by atoms with E-state index in [1.54, 1.807) is 0 Å². The van der Waals surface area contributed by atoms with E-state index in [1.165, 1.54) is 6.26 Å². The number of piperidine rings is 1. The fraction of sp³-hybridized carbons (Fsp3) is 0.846. The summed E-state index contributed by atoms with van der Waals surface area (Å²) in [4.78, 5) is 6.61. The molecule has 0 amide bonds. The van der Waals surface area contributed by atoms with E-state index < -0.39 is 10.0 Å². The van der Waals surface area contributed by atoms with Gasteiger partial charge in [0.15, 0.2) is 5.82 Å². The Labute approximate surface area is 126 Å². The molecule has 1 atom stereocenters. The molecule has 1 saturated heterocycles. The summed E-state index contributed by atoms with van der Waals surface area (Å²) in [6, 6.07) is 0.183. The lowest BCUT2D eigenvalue weighted by molar-refractivity contribution is 0.125. The van der Waals surface area contributed by atoms with Crippen LogP contribution in [-0.2, 0) is 16.6 Å². The average molecular weight is 316 g/mol. The summed E-state index contributed by atoms with van der Waals surface area (Å²) in [5.74, 6) is 1.56. The standard InChI is InChI=1S/C13H24N4O3S/c1-10(2)13-15-12(20-16-13)9-17-7-5-4-6-11(17)8-14-21(3,18)19/h10-11,14H,4-9H2,1-3H3/t11-/m0/s1. The Balaban J connectivity index is 1.97. The van der Waals surface area contributed by atoms with Crippen LogP contribution in [0.5, 0.6) is 0 Å². The molecule has 2 rings (SSSR count). The van der Waals surface area contributed by atoms with Gasteiger partial charge in [-0.05, 0) is 19.4 Å². The Hall–Kier alpha value is -0.990. The highest BCUT2D eigenvalue weighted by molar-refractivity contribution is 7.88. The maximum absolute atomic E-state index is 11.2. The molecule has 1 aliphatic rings. The highest BCUT2D eigenvalue weighted by Crippen LogP contribution is 2.19. The zero-order valence-electron chi connectivity index (χ0n) is 12.9. The molecule has 1 aromatic rings. The predicted molar refractivity (Wildman–Crippen MR) is 79.3 cm³/mol. The molecule has 0 saturated carbocycles. The SMILES string of the molecule is CC(C)c1noc(CN2CCCC[C@H]2CNS(C)(=O)=O)n1. The summed E-state index contributed by atoms with van der Waals surface area (Å²) < 4.78 is 30.4. The first kappa shape index (κ1) is 16.4. The largest absolute Gasteiger partial charge is 0.338 e. The predicted octanol–water partition coefficient (Wildman–Crippen LogP) is 1.10. The quantitative estimate of drug-likeness (QED) is 0.845. The number of aromatic nitrogens is 2. The Morgan fingerprint density at radius 3 is 2.81 bits per heavy atom. The van der Waals surface area contributed by atoms with Gasteiger partial charge in [-0.1, -0.05) is 25.4 Å². The molecular weight excluding hydrogens is 292 g/mol. The van der Waals surface area contributed by atoms with Crippen molar-refractivity contribution in [2.45, 2.75) is 51.6 Å². The zero-order valence-corrected chi connectivity index (χ0v) is 13.7. The van der Waals surface area contributed by atoms with Crippen LogP contribution >= 0.6 is 0 Å². The van der Waals surface area contributed by atoms with Crippen molar-refractivity contribution in [3.05, 3.63) is 11.7 Å². The smallest absolute Gasteiger partial charge is 0.240 e. The molecule has 120 valence electrons. The number of hydrogen-bond acceptors (Lipinski definition) is 6. The summed E-state index contributed by atoms with van der Waals surface area (Å²) >= 11 is 0. The molecular formula is C13H24N4O3S. The molecule has 0 unspecified atom stereocenters. The summed E-state index contributed by atoms with van der Waals surface area (Å²) in [5, 5.41) is 3.97. The highest BCUT2D eigenvalue weighted by Gasteiger charge is 2.25. The van der Waals surface area contributed by atoms with Crippen LogP contribution in [0.1, 0.15) is 50.7 Å². The molecule has 1 fully saturated rings. The Bertz CT molecular complexity index is 556. The van der Waals surface area contributed by atoms with Gasteiger partial charge in [0.05, 0.1) is 12.8 Å². The molecule has 1 N–H and O–H groups in total. The van der Waals surface area contributed by atoms with E-state index in [1.807, 2.05) is 13.8 Å². The van der Waals surface area contributed by atoms with E-state index in [0.29, 0.717) is 24.8 Å². The number of nitrogens with zero attached hydrogens (tertiary/aromatic N) is 3. The summed E-state index contributed by atoms with van der Waals surface area (Å²) in [6.07, 6.45) is 4.40. The van der Waals surface area contributed by atoms with Gasteiger partial charge in [0.1, 0.15) is 0 Å². The van der Waals surface area contributed by atoms with Crippen LogP contribution in [0.2, 0.25) is 0 Å². The number of likely N-dealkylation sites (tertiary alicyclic amines) is 1. The number of rotatable bonds is 6. The van der Waals surface area contributed by atoms with Gasteiger partial charge >= 0.3 is 0 Å². The number of nitrogens with one attached hydrogen (secondary N) is 1. The lowest BCUT2D eigenvalue weighted by Gasteiger charge is -2.34. The van der Waals surface area contributed by atoms with Crippen molar-refractivity contribution in [2.24, 2.45) is 0 Å². The number of hydrogen-bond donors (Lipinski definition) is 1. The molecule has 1 aromatic heterocycles. The third-order valence-corrected chi connectivity index (χ3v) is 4.36. The second kappa shape index (κ2) is 6.85. The van der Waals surface area contributed by atoms with Gasteiger partial charge in [-0.2, -0.15) is 4.98 Å². The van der Waals surface area contributed by atoms with Crippen LogP contribution in [0.4, 0.5) is 0 Å². The van der Waals surface area contributed by atoms with Crippen molar-refractivity contribution < 1.29 is 12.9 Å². The van der Waals surface area contributed by atoms with Gasteiger partial charge in [-0.25, -0.2) is 13.1 Å². The van der Waals surface area contributed by atoms with Crippen LogP contribution in [0, 0.1) is 0 Å². The maximum atomic E-state index is 11.2. The molecule has 0 aromatic carbocycles. The van der Waals surface area contributed by atoms with Gasteiger partial charge in [0.2, 0.25) is 15.9 Å². The third-order valence-electron chi connectivity index (χ3n) is 3.67. The maximum Gasteiger partial charge on any atom is 0.240 e. The third kappa shape index (κ3) is 5.05. The number of sulfonamides is 1. The fourth-order valence-corrected chi connectivity index (χ4v) is 2.98. The second-order valence-corrected chi connectivity index (χ2v) is 7.77. The molecule has 1 aliphatic heterocycles. The zero-order chi connectivity index (χ0) is 15.5. The monoisotopic (exact) mass is 316 g/mol. The van der Waals surface area contributed by atoms with E-state index in [2.05, 4.69) is 19.8 Å². The van der Waals surface area contributed by atoms with Crippen LogP contribution in [0.15, 0.2) is 4.52 Å². The normalized spacial score (nSPS) is 21.0. The highest BCUT2D eigenvalue weighted by atomic mass is 32.2. The Morgan fingerprint density at radius 2 is 2.19 bits per heavy atom. The van der Waals surface area contributed by atoms with E-state index >= 15 is 0 Å². The van der Waals surface area contributed by atoms with E-state index in [4.69, 9.17) is 4.52 Å². The van der Waals surface area contributed by atoms with E-state index in [9.17, 15) is 8.42 Å². The van der Waals surface area contributed by atoms with Crippen molar-refractivity contribution in [1.29, 1.82) is 0 Å². The van der Waals surface area contributed by atoms with Gasteiger partial charge in [0, 0.05) is 18.5 Å². The molecule has 8 heteroatoms. The minimum atomic E-state index is -3.15. The minimum Gasteiger partial charge on any atom is -0.338 e. The van der Waals surface area contributed by atoms with E-state index in [-0.39, 0.29) is 12.0 Å².